The molecule has 0 aliphatic rings. The number of hydrogen-bond donors (Lipinski definition) is 0. The third-order valence-corrected chi connectivity index (χ3v) is 3.77. The van der Waals surface area contributed by atoms with Crippen LogP contribution >= 0.6 is 0 Å². The molecular weight excluding hydrogens is 234 g/mol. The van der Waals surface area contributed by atoms with Gasteiger partial charge in [-0.15, -0.1) is 0 Å². The van der Waals surface area contributed by atoms with Crippen molar-refractivity contribution in [1.82, 2.24) is 0 Å². The Morgan fingerprint density at radius 1 is 1.32 bits per heavy atom. The van der Waals surface area contributed by atoms with Crippen molar-refractivity contribution in [2.75, 3.05) is 18.6 Å². The molecule has 0 aliphatic heterocycles. The zero-order chi connectivity index (χ0) is 14.4. The SMILES string of the molecule is C=CN(CCC(C)CC)c1c(C)cc(OC)cc1C. The Morgan fingerprint density at radius 2 is 1.89 bits per heavy atom. The number of nitrogens with zero attached hydrogens (tertiary/aromatic N) is 1. The molecule has 1 aromatic carbocycles. The largest absolute Gasteiger partial charge is 0.497 e. The molecule has 0 aliphatic carbocycles. The van der Waals surface area contributed by atoms with Crippen LogP contribution in [0, 0.1) is 19.8 Å². The maximum absolute atomic E-state index is 5.32. The van der Waals surface area contributed by atoms with Gasteiger partial charge in [0.1, 0.15) is 5.75 Å². The van der Waals surface area contributed by atoms with Gasteiger partial charge in [0.15, 0.2) is 0 Å². The van der Waals surface area contributed by atoms with Crippen molar-refractivity contribution in [3.8, 4) is 5.75 Å². The highest BCUT2D eigenvalue weighted by molar-refractivity contribution is 5.63. The molecule has 106 valence electrons. The molecule has 2 nitrogen and oxygen atoms in total. The predicted octanol–water partition coefficient (Wildman–Crippen LogP) is 4.70. The van der Waals surface area contributed by atoms with Crippen LogP contribution in [-0.2, 0) is 0 Å². The van der Waals surface area contributed by atoms with Gasteiger partial charge in [0.25, 0.3) is 0 Å². The second kappa shape index (κ2) is 7.22. The van der Waals surface area contributed by atoms with E-state index in [1.165, 1.54) is 29.7 Å². The number of benzene rings is 1. The van der Waals surface area contributed by atoms with Gasteiger partial charge < -0.3 is 9.64 Å². The van der Waals surface area contributed by atoms with Gasteiger partial charge in [-0.3, -0.25) is 0 Å². The summed E-state index contributed by atoms with van der Waals surface area (Å²) in [4.78, 5) is 2.26. The lowest BCUT2D eigenvalue weighted by atomic mass is 10.0. The standard InChI is InChI=1S/C17H27NO/c1-7-13(3)9-10-18(8-2)17-14(4)11-16(19-6)12-15(17)5/h8,11-13H,2,7,9-10H2,1,3-6H3. The van der Waals surface area contributed by atoms with Crippen molar-refractivity contribution in [3.05, 3.63) is 36.0 Å². The van der Waals surface area contributed by atoms with Crippen LogP contribution in [0.25, 0.3) is 0 Å². The summed E-state index contributed by atoms with van der Waals surface area (Å²) in [5.41, 5.74) is 3.74. The van der Waals surface area contributed by atoms with E-state index in [4.69, 9.17) is 4.74 Å². The van der Waals surface area contributed by atoms with Gasteiger partial charge in [0, 0.05) is 12.2 Å². The van der Waals surface area contributed by atoms with Crippen molar-refractivity contribution in [3.63, 3.8) is 0 Å². The molecule has 0 radical (unpaired) electrons. The van der Waals surface area contributed by atoms with Gasteiger partial charge in [-0.25, -0.2) is 0 Å². The van der Waals surface area contributed by atoms with Gasteiger partial charge in [-0.05, 0) is 55.6 Å². The van der Waals surface area contributed by atoms with E-state index in [2.05, 4.69) is 51.3 Å². The first kappa shape index (κ1) is 15.6. The number of anilines is 1. The average Bonchev–Trinajstić information content (AvgIpc) is 2.40. The van der Waals surface area contributed by atoms with E-state index >= 15 is 0 Å². The number of methoxy groups -OCH3 is 1. The Hall–Kier alpha value is -1.44. The molecule has 0 N–H and O–H groups in total. The molecule has 0 saturated carbocycles. The molecule has 0 saturated heterocycles. The van der Waals surface area contributed by atoms with E-state index in [9.17, 15) is 0 Å². The third-order valence-electron chi connectivity index (χ3n) is 3.77. The van der Waals surface area contributed by atoms with E-state index in [0.29, 0.717) is 0 Å². The topological polar surface area (TPSA) is 12.5 Å². The fraction of sp³-hybridized carbons (Fsp3) is 0.529. The quantitative estimate of drug-likeness (QED) is 0.705. The van der Waals surface area contributed by atoms with Crippen LogP contribution in [0.4, 0.5) is 5.69 Å². The number of aryl methyl sites for hydroxylation is 2. The lowest BCUT2D eigenvalue weighted by Gasteiger charge is -2.26. The summed E-state index contributed by atoms with van der Waals surface area (Å²) in [6.07, 6.45) is 4.35. The van der Waals surface area contributed by atoms with E-state index in [-0.39, 0.29) is 0 Å². The number of ether oxygens (including phenoxy) is 1. The first-order valence-corrected chi connectivity index (χ1v) is 7.07. The summed E-state index contributed by atoms with van der Waals surface area (Å²) in [7, 11) is 1.71. The minimum atomic E-state index is 0.751. The Labute approximate surface area is 118 Å². The highest BCUT2D eigenvalue weighted by atomic mass is 16.5. The minimum Gasteiger partial charge on any atom is -0.497 e. The summed E-state index contributed by atoms with van der Waals surface area (Å²) < 4.78 is 5.32. The van der Waals surface area contributed by atoms with Crippen LogP contribution in [0.5, 0.6) is 5.75 Å². The van der Waals surface area contributed by atoms with Crippen LogP contribution in [-0.4, -0.2) is 13.7 Å². The van der Waals surface area contributed by atoms with Crippen LogP contribution in [0.1, 0.15) is 37.8 Å². The van der Waals surface area contributed by atoms with Gasteiger partial charge >= 0.3 is 0 Å². The van der Waals surface area contributed by atoms with Crippen molar-refractivity contribution in [2.24, 2.45) is 5.92 Å². The summed E-state index contributed by atoms with van der Waals surface area (Å²) in [6.45, 7) is 13.8. The molecule has 1 atom stereocenters. The smallest absolute Gasteiger partial charge is 0.119 e. The summed E-state index contributed by atoms with van der Waals surface area (Å²) in [5.74, 6) is 1.67. The van der Waals surface area contributed by atoms with Crippen molar-refractivity contribution >= 4 is 5.69 Å². The molecule has 0 bridgehead atoms. The fourth-order valence-corrected chi connectivity index (χ4v) is 2.35. The predicted molar refractivity (Wildman–Crippen MR) is 84.1 cm³/mol. The third kappa shape index (κ3) is 4.02. The van der Waals surface area contributed by atoms with Crippen LogP contribution in [0.15, 0.2) is 24.9 Å². The summed E-state index contributed by atoms with van der Waals surface area (Å²) in [6, 6.07) is 4.17. The lowest BCUT2D eigenvalue weighted by molar-refractivity contribution is 0.414. The highest BCUT2D eigenvalue weighted by Crippen LogP contribution is 2.30. The summed E-state index contributed by atoms with van der Waals surface area (Å²) >= 11 is 0. The minimum absolute atomic E-state index is 0.751. The number of rotatable bonds is 7. The Bertz CT molecular complexity index is 402. The van der Waals surface area contributed by atoms with Gasteiger partial charge in [0.2, 0.25) is 0 Å². The van der Waals surface area contributed by atoms with Gasteiger partial charge in [-0.2, -0.15) is 0 Å². The lowest BCUT2D eigenvalue weighted by Crippen LogP contribution is -2.20. The van der Waals surface area contributed by atoms with Crippen molar-refractivity contribution in [1.29, 1.82) is 0 Å². The second-order valence-corrected chi connectivity index (χ2v) is 5.29. The Kier molecular flexibility index (Phi) is 5.94. The summed E-state index contributed by atoms with van der Waals surface area (Å²) in [5, 5.41) is 0. The molecular formula is C17H27NO. The van der Waals surface area contributed by atoms with Crippen LogP contribution in [0.2, 0.25) is 0 Å². The van der Waals surface area contributed by atoms with E-state index in [1.54, 1.807) is 7.11 Å². The Balaban J connectivity index is 2.95. The van der Waals surface area contributed by atoms with E-state index in [1.807, 2.05) is 6.20 Å². The van der Waals surface area contributed by atoms with Gasteiger partial charge in [-0.1, -0.05) is 26.8 Å². The van der Waals surface area contributed by atoms with Crippen molar-refractivity contribution < 1.29 is 4.74 Å². The molecule has 0 heterocycles. The van der Waals surface area contributed by atoms with Gasteiger partial charge in [0.05, 0.1) is 7.11 Å². The van der Waals surface area contributed by atoms with E-state index < -0.39 is 0 Å². The Morgan fingerprint density at radius 3 is 2.32 bits per heavy atom. The fourth-order valence-electron chi connectivity index (χ4n) is 2.35. The maximum Gasteiger partial charge on any atom is 0.119 e. The molecule has 0 amide bonds. The average molecular weight is 261 g/mol. The molecule has 2 heteroatoms. The highest BCUT2D eigenvalue weighted by Gasteiger charge is 2.12. The molecule has 0 spiro atoms. The van der Waals surface area contributed by atoms with Crippen LogP contribution < -0.4 is 9.64 Å². The molecule has 19 heavy (non-hydrogen) atoms. The van der Waals surface area contributed by atoms with Crippen LogP contribution in [0.3, 0.4) is 0 Å². The molecule has 0 aromatic heterocycles. The first-order chi connectivity index (χ1) is 9.03. The number of hydrogen-bond acceptors (Lipinski definition) is 2. The zero-order valence-electron chi connectivity index (χ0n) is 13.0. The molecule has 1 rings (SSSR count). The molecule has 1 unspecified atom stereocenters. The monoisotopic (exact) mass is 261 g/mol. The molecule has 0 fully saturated rings. The van der Waals surface area contributed by atoms with Crippen molar-refractivity contribution in [2.45, 2.75) is 40.5 Å². The van der Waals surface area contributed by atoms with E-state index in [0.717, 1.165) is 18.2 Å². The maximum atomic E-state index is 5.32. The zero-order valence-corrected chi connectivity index (χ0v) is 13.0. The second-order valence-electron chi connectivity index (χ2n) is 5.29. The first-order valence-electron chi connectivity index (χ1n) is 7.07. The normalized spacial score (nSPS) is 12.1. The molecule has 1 aromatic rings.